The van der Waals surface area contributed by atoms with E-state index in [0.717, 1.165) is 50.2 Å². The molecule has 1 spiro atoms. The number of hydrogen-bond acceptors (Lipinski definition) is 2. The number of rotatable bonds is 4. The molecule has 1 N–H and O–H groups in total. The van der Waals surface area contributed by atoms with Gasteiger partial charge in [0, 0.05) is 44.8 Å². The van der Waals surface area contributed by atoms with Gasteiger partial charge in [-0.05, 0) is 48.4 Å². The summed E-state index contributed by atoms with van der Waals surface area (Å²) in [7, 11) is 0. The first-order valence-corrected chi connectivity index (χ1v) is 14.6. The Labute approximate surface area is 249 Å². The molecule has 1 aromatic heterocycles. The Kier molecular flexibility index (Phi) is 5.56. The van der Waals surface area contributed by atoms with Crippen molar-refractivity contribution in [3.05, 3.63) is 154 Å². The van der Waals surface area contributed by atoms with Crippen LogP contribution in [0, 0.1) is 6.92 Å². The second kappa shape index (κ2) is 9.37. The monoisotopic (exact) mass is 565 g/mol. The minimum absolute atomic E-state index is 0.0127. The third-order valence-corrected chi connectivity index (χ3v) is 8.95. The number of carbonyl (C=O) groups is 1. The normalized spacial score (nSPS) is 16.8. The van der Waals surface area contributed by atoms with Gasteiger partial charge in [-0.3, -0.25) is 4.79 Å². The molecular weight excluding hydrogens is 538 g/mol. The molecule has 0 fully saturated rings. The van der Waals surface area contributed by atoms with Crippen molar-refractivity contribution in [3.63, 3.8) is 0 Å². The van der Waals surface area contributed by atoms with Gasteiger partial charge >= 0.3 is 0 Å². The van der Waals surface area contributed by atoms with E-state index in [4.69, 9.17) is 11.6 Å². The lowest BCUT2D eigenvalue weighted by Crippen LogP contribution is -2.48. The molecule has 42 heavy (non-hydrogen) atoms. The number of hydrogen-bond donors (Lipinski definition) is 1. The van der Waals surface area contributed by atoms with Gasteiger partial charge in [-0.15, -0.1) is 0 Å². The summed E-state index contributed by atoms with van der Waals surface area (Å²) in [6, 6.07) is 41.5. The van der Waals surface area contributed by atoms with E-state index in [1.165, 1.54) is 11.1 Å². The molecule has 5 aromatic carbocycles. The predicted octanol–water partition coefficient (Wildman–Crippen LogP) is 8.53. The summed E-state index contributed by atoms with van der Waals surface area (Å²) in [5.74, 6) is 0.0127. The number of anilines is 2. The maximum Gasteiger partial charge on any atom is 0.262 e. The van der Waals surface area contributed by atoms with Crippen LogP contribution in [0.15, 0.2) is 121 Å². The molecule has 0 radical (unpaired) electrons. The summed E-state index contributed by atoms with van der Waals surface area (Å²) in [4.78, 5) is 17.0. The Morgan fingerprint density at radius 3 is 2.31 bits per heavy atom. The van der Waals surface area contributed by atoms with E-state index in [-0.39, 0.29) is 5.91 Å². The fourth-order valence-electron chi connectivity index (χ4n) is 6.83. The van der Waals surface area contributed by atoms with Crippen LogP contribution in [0.3, 0.4) is 0 Å². The smallest absolute Gasteiger partial charge is 0.262 e. The second-order valence-corrected chi connectivity index (χ2v) is 11.7. The molecule has 5 heteroatoms. The summed E-state index contributed by atoms with van der Waals surface area (Å²) >= 11 is 6.69. The molecule has 204 valence electrons. The van der Waals surface area contributed by atoms with Gasteiger partial charge in [0.05, 0.1) is 17.9 Å². The molecule has 1 atom stereocenters. The first kappa shape index (κ1) is 25.0. The van der Waals surface area contributed by atoms with Gasteiger partial charge in [0.15, 0.2) is 5.54 Å². The lowest BCUT2D eigenvalue weighted by atomic mass is 9.77. The first-order valence-electron chi connectivity index (χ1n) is 14.3. The Bertz CT molecular complexity index is 2010. The predicted molar refractivity (Wildman–Crippen MR) is 171 cm³/mol. The quantitative estimate of drug-likeness (QED) is 0.232. The average molecular weight is 566 g/mol. The molecule has 1 unspecified atom stereocenters. The van der Waals surface area contributed by atoms with Gasteiger partial charge < -0.3 is 14.8 Å². The highest BCUT2D eigenvalue weighted by Crippen LogP contribution is 2.56. The van der Waals surface area contributed by atoms with Crippen LogP contribution in [0.25, 0.3) is 22.2 Å². The summed E-state index contributed by atoms with van der Waals surface area (Å²) in [6.07, 6.45) is 0. The number of para-hydroxylation sites is 2. The van der Waals surface area contributed by atoms with Crippen molar-refractivity contribution in [2.45, 2.75) is 25.6 Å². The van der Waals surface area contributed by atoms with E-state index in [9.17, 15) is 0 Å². The van der Waals surface area contributed by atoms with Crippen molar-refractivity contribution >= 4 is 39.8 Å². The lowest BCUT2D eigenvalue weighted by molar-refractivity contribution is -0.121. The van der Waals surface area contributed by atoms with Crippen LogP contribution in [-0.4, -0.2) is 10.5 Å². The molecule has 0 bridgehead atoms. The average Bonchev–Trinajstić information content (AvgIpc) is 3.45. The van der Waals surface area contributed by atoms with Crippen molar-refractivity contribution in [2.75, 3.05) is 10.2 Å². The van der Waals surface area contributed by atoms with Crippen molar-refractivity contribution in [1.82, 2.24) is 4.57 Å². The van der Waals surface area contributed by atoms with Crippen LogP contribution >= 0.6 is 11.6 Å². The topological polar surface area (TPSA) is 37.3 Å². The van der Waals surface area contributed by atoms with Crippen molar-refractivity contribution in [3.8, 4) is 11.3 Å². The minimum atomic E-state index is -1.12. The van der Waals surface area contributed by atoms with E-state index in [2.05, 4.69) is 102 Å². The fraction of sp³-hybridized carbons (Fsp3) is 0.108. The largest absolute Gasteiger partial charge is 0.363 e. The Morgan fingerprint density at radius 1 is 0.762 bits per heavy atom. The lowest BCUT2D eigenvalue weighted by Gasteiger charge is -2.37. The summed E-state index contributed by atoms with van der Waals surface area (Å²) in [5, 5.41) is 5.43. The maximum absolute atomic E-state index is 15.1. The molecule has 1 amide bonds. The van der Waals surface area contributed by atoms with E-state index in [1.54, 1.807) is 0 Å². The highest BCUT2D eigenvalue weighted by Gasteiger charge is 2.56. The molecule has 0 aliphatic carbocycles. The number of halogens is 1. The van der Waals surface area contributed by atoms with Crippen molar-refractivity contribution < 1.29 is 4.79 Å². The van der Waals surface area contributed by atoms with Gasteiger partial charge in [-0.2, -0.15) is 0 Å². The van der Waals surface area contributed by atoms with E-state index < -0.39 is 5.54 Å². The number of aryl methyl sites for hydroxylation is 1. The molecular formula is C37H28ClN3O. The SMILES string of the molecule is Cc1ccc(CN2C(=O)C3(Nc4ccccc4-c4c3c3cc(Cl)ccc3n4Cc3ccccc3)c3ccccc32)cc1. The van der Waals surface area contributed by atoms with Crippen molar-refractivity contribution in [1.29, 1.82) is 0 Å². The first-order chi connectivity index (χ1) is 20.5. The van der Waals surface area contributed by atoms with Crippen LogP contribution < -0.4 is 10.2 Å². The molecule has 0 saturated carbocycles. The van der Waals surface area contributed by atoms with E-state index in [1.807, 2.05) is 41.3 Å². The number of aromatic nitrogens is 1. The number of amides is 1. The highest BCUT2D eigenvalue weighted by atomic mass is 35.5. The van der Waals surface area contributed by atoms with Crippen LogP contribution in [0.2, 0.25) is 5.02 Å². The number of fused-ring (bicyclic) bond motifs is 8. The molecule has 3 heterocycles. The zero-order valence-electron chi connectivity index (χ0n) is 23.1. The van der Waals surface area contributed by atoms with E-state index >= 15 is 4.79 Å². The van der Waals surface area contributed by atoms with Gasteiger partial charge in [0.1, 0.15) is 0 Å². The Balaban J connectivity index is 1.43. The molecule has 4 nitrogen and oxygen atoms in total. The number of nitrogens with one attached hydrogen (secondary N) is 1. The number of carbonyl (C=O) groups excluding carboxylic acids is 1. The fourth-order valence-corrected chi connectivity index (χ4v) is 7.00. The zero-order chi connectivity index (χ0) is 28.4. The highest BCUT2D eigenvalue weighted by molar-refractivity contribution is 6.31. The molecule has 2 aliphatic rings. The molecule has 0 saturated heterocycles. The second-order valence-electron chi connectivity index (χ2n) is 11.3. The molecule has 8 rings (SSSR count). The maximum atomic E-state index is 15.1. The van der Waals surface area contributed by atoms with Gasteiger partial charge in [-0.1, -0.05) is 108 Å². The van der Waals surface area contributed by atoms with Gasteiger partial charge in [0.25, 0.3) is 5.91 Å². The minimum Gasteiger partial charge on any atom is -0.363 e. The summed E-state index contributed by atoms with van der Waals surface area (Å²) < 4.78 is 2.36. The number of nitrogens with zero attached hydrogens (tertiary/aromatic N) is 2. The van der Waals surface area contributed by atoms with Crippen LogP contribution in [-0.2, 0) is 23.4 Å². The number of benzene rings is 5. The molecule has 2 aliphatic heterocycles. The van der Waals surface area contributed by atoms with Gasteiger partial charge in [0.2, 0.25) is 0 Å². The van der Waals surface area contributed by atoms with Crippen LogP contribution in [0.5, 0.6) is 0 Å². The third kappa shape index (κ3) is 3.58. The summed E-state index contributed by atoms with van der Waals surface area (Å²) in [5.41, 5.74) is 9.30. The van der Waals surface area contributed by atoms with Crippen molar-refractivity contribution in [2.24, 2.45) is 0 Å². The van der Waals surface area contributed by atoms with Crippen LogP contribution in [0.1, 0.15) is 27.8 Å². The molecule has 6 aromatic rings. The Hall–Kier alpha value is -4.80. The van der Waals surface area contributed by atoms with Crippen LogP contribution in [0.4, 0.5) is 11.4 Å². The zero-order valence-corrected chi connectivity index (χ0v) is 23.9. The third-order valence-electron chi connectivity index (χ3n) is 8.71. The summed E-state index contributed by atoms with van der Waals surface area (Å²) in [6.45, 7) is 3.23. The van der Waals surface area contributed by atoms with E-state index in [0.29, 0.717) is 18.1 Å². The van der Waals surface area contributed by atoms with Gasteiger partial charge in [-0.25, -0.2) is 0 Å². The standard InChI is InChI=1S/C37H28ClN3O/c1-24-15-17-26(18-16-24)23-41-33-14-8-6-12-30(33)37(36(41)42)34-29-21-27(38)19-20-32(29)40(22-25-9-3-2-4-10-25)35(34)28-11-5-7-13-31(28)39-37/h2-21,39H,22-23H2,1H3. The Morgan fingerprint density at radius 2 is 1.48 bits per heavy atom.